The van der Waals surface area contributed by atoms with Gasteiger partial charge in [0.2, 0.25) is 5.91 Å². The van der Waals surface area contributed by atoms with E-state index in [-0.39, 0.29) is 24.5 Å². The predicted octanol–water partition coefficient (Wildman–Crippen LogP) is 2.38. The normalized spacial score (nSPS) is 15.7. The maximum Gasteiger partial charge on any atom is 0.308 e. The molecule has 1 fully saturated rings. The molecule has 0 aromatic heterocycles. The molecule has 1 aliphatic rings. The van der Waals surface area contributed by atoms with E-state index in [0.29, 0.717) is 31.9 Å². The van der Waals surface area contributed by atoms with Crippen molar-refractivity contribution in [3.63, 3.8) is 0 Å². The first-order valence-electron chi connectivity index (χ1n) is 9.45. The molecule has 1 saturated heterocycles. The predicted molar refractivity (Wildman–Crippen MR) is 108 cm³/mol. The largest absolute Gasteiger partial charge is 0.508 e. The number of phenolic OH excluding ortho intramolecular Hbond substituents is 1. The zero-order valence-corrected chi connectivity index (χ0v) is 15.9. The lowest BCUT2D eigenvalue weighted by Gasteiger charge is -2.37. The lowest BCUT2D eigenvalue weighted by molar-refractivity contribution is -0.144. The molecule has 0 aliphatic carbocycles. The number of piperazine rings is 1. The molecule has 29 heavy (non-hydrogen) atoms. The summed E-state index contributed by atoms with van der Waals surface area (Å²) in [6, 6.07) is 12.4. The molecule has 2 aromatic carbocycles. The molecule has 3 N–H and O–H groups in total. The highest BCUT2D eigenvalue weighted by Gasteiger charge is 2.26. The van der Waals surface area contributed by atoms with E-state index >= 15 is 0 Å². The van der Waals surface area contributed by atoms with Crippen LogP contribution in [0.4, 0.5) is 15.8 Å². The van der Waals surface area contributed by atoms with Crippen LogP contribution in [0.2, 0.25) is 0 Å². The van der Waals surface area contributed by atoms with Crippen molar-refractivity contribution in [2.24, 2.45) is 5.92 Å². The number of carboxylic acid groups (broad SMARTS) is 1. The van der Waals surface area contributed by atoms with Crippen LogP contribution in [0.5, 0.6) is 5.75 Å². The molecular weight excluding hydrogens is 377 g/mol. The van der Waals surface area contributed by atoms with Crippen molar-refractivity contribution < 1.29 is 24.2 Å². The Hall–Kier alpha value is -3.13. The van der Waals surface area contributed by atoms with Gasteiger partial charge < -0.3 is 20.4 Å². The van der Waals surface area contributed by atoms with E-state index in [1.54, 1.807) is 24.3 Å². The molecule has 0 radical (unpaired) electrons. The van der Waals surface area contributed by atoms with Gasteiger partial charge in [-0.2, -0.15) is 0 Å². The maximum absolute atomic E-state index is 13.1. The minimum Gasteiger partial charge on any atom is -0.508 e. The number of amides is 1. The summed E-state index contributed by atoms with van der Waals surface area (Å²) in [6.07, 6.45) is -0.150. The summed E-state index contributed by atoms with van der Waals surface area (Å²) in [5, 5.41) is 21.6. The van der Waals surface area contributed by atoms with Gasteiger partial charge in [0.1, 0.15) is 11.6 Å². The van der Waals surface area contributed by atoms with Crippen molar-refractivity contribution in [3.8, 4) is 5.75 Å². The number of phenols is 1. The molecule has 7 nitrogen and oxygen atoms in total. The first-order chi connectivity index (χ1) is 13.9. The second-order valence-corrected chi connectivity index (χ2v) is 7.10. The zero-order chi connectivity index (χ0) is 20.8. The molecule has 3 rings (SSSR count). The number of hydrogen-bond acceptors (Lipinski definition) is 5. The fraction of sp³-hybridized carbons (Fsp3) is 0.333. The second kappa shape index (κ2) is 9.38. The number of nitrogens with zero attached hydrogens (tertiary/aromatic N) is 2. The van der Waals surface area contributed by atoms with Gasteiger partial charge >= 0.3 is 5.97 Å². The molecular formula is C21H24FN3O4. The molecule has 1 unspecified atom stereocenters. The Balaban J connectivity index is 1.51. The number of carboxylic acids is 1. The number of hydrogen-bond donors (Lipinski definition) is 3. The Morgan fingerprint density at radius 1 is 1.07 bits per heavy atom. The van der Waals surface area contributed by atoms with Crippen molar-refractivity contribution >= 4 is 23.3 Å². The van der Waals surface area contributed by atoms with E-state index in [2.05, 4.69) is 10.2 Å². The zero-order valence-electron chi connectivity index (χ0n) is 15.9. The minimum atomic E-state index is -1.02. The molecule has 0 saturated carbocycles. The molecule has 0 spiro atoms. The Labute approximate surface area is 168 Å². The molecule has 1 aliphatic heterocycles. The third-order valence-corrected chi connectivity index (χ3v) is 4.95. The van der Waals surface area contributed by atoms with Crippen LogP contribution >= 0.6 is 0 Å². The molecule has 1 heterocycles. The van der Waals surface area contributed by atoms with Crippen LogP contribution in [0.3, 0.4) is 0 Å². The number of nitrogens with one attached hydrogen (secondary N) is 1. The van der Waals surface area contributed by atoms with Crippen molar-refractivity contribution in [2.75, 3.05) is 42.9 Å². The molecule has 0 bridgehead atoms. The average molecular weight is 401 g/mol. The van der Waals surface area contributed by atoms with Crippen LogP contribution < -0.4 is 10.2 Å². The quantitative estimate of drug-likeness (QED) is 0.660. The van der Waals surface area contributed by atoms with E-state index < -0.39 is 17.8 Å². The number of rotatable bonds is 7. The molecule has 2 aromatic rings. The van der Waals surface area contributed by atoms with Crippen LogP contribution in [-0.4, -0.2) is 59.7 Å². The van der Waals surface area contributed by atoms with Crippen LogP contribution in [0.15, 0.2) is 48.5 Å². The highest BCUT2D eigenvalue weighted by Crippen LogP contribution is 2.19. The van der Waals surface area contributed by atoms with Gasteiger partial charge in [0.05, 0.1) is 5.92 Å². The number of carbonyl (C=O) groups is 2. The molecule has 1 amide bonds. The van der Waals surface area contributed by atoms with Gasteiger partial charge in [0, 0.05) is 56.6 Å². The van der Waals surface area contributed by atoms with Gasteiger partial charge in [-0.1, -0.05) is 6.07 Å². The maximum atomic E-state index is 13.1. The van der Waals surface area contributed by atoms with Gasteiger partial charge in [0.15, 0.2) is 0 Å². The summed E-state index contributed by atoms with van der Waals surface area (Å²) >= 11 is 0. The Morgan fingerprint density at radius 2 is 1.76 bits per heavy atom. The fourth-order valence-corrected chi connectivity index (χ4v) is 3.40. The fourth-order valence-electron chi connectivity index (χ4n) is 3.40. The summed E-state index contributed by atoms with van der Waals surface area (Å²) in [5.74, 6) is -2.51. The summed E-state index contributed by atoms with van der Waals surface area (Å²) < 4.78 is 13.1. The van der Waals surface area contributed by atoms with E-state index in [4.69, 9.17) is 0 Å². The minimum absolute atomic E-state index is 0.0246. The topological polar surface area (TPSA) is 93.1 Å². The van der Waals surface area contributed by atoms with E-state index in [9.17, 15) is 24.2 Å². The van der Waals surface area contributed by atoms with Gasteiger partial charge in [-0.15, -0.1) is 0 Å². The van der Waals surface area contributed by atoms with E-state index in [1.165, 1.54) is 24.3 Å². The van der Waals surface area contributed by atoms with Crippen LogP contribution in [-0.2, 0) is 9.59 Å². The molecule has 154 valence electrons. The lowest BCUT2D eigenvalue weighted by atomic mass is 10.0. The van der Waals surface area contributed by atoms with Crippen molar-refractivity contribution in [2.45, 2.75) is 6.42 Å². The first kappa shape index (κ1) is 20.6. The van der Waals surface area contributed by atoms with Crippen LogP contribution in [0.25, 0.3) is 0 Å². The Kier molecular flexibility index (Phi) is 6.66. The van der Waals surface area contributed by atoms with Crippen molar-refractivity contribution in [1.82, 2.24) is 4.90 Å². The molecule has 1 atom stereocenters. The summed E-state index contributed by atoms with van der Waals surface area (Å²) in [7, 11) is 0. The summed E-state index contributed by atoms with van der Waals surface area (Å²) in [6.45, 7) is 3.01. The monoisotopic (exact) mass is 401 g/mol. The summed E-state index contributed by atoms with van der Waals surface area (Å²) in [4.78, 5) is 28.0. The standard InChI is InChI=1S/C21H24FN3O4/c22-16-4-6-18(7-5-16)25-10-8-24(9-11-25)14-15(21(28)29)12-20(27)23-17-2-1-3-19(26)13-17/h1-7,13,15,26H,8-12,14H2,(H,23,27)(H,28,29). The number of benzene rings is 2. The SMILES string of the molecule is O=C(CC(CN1CCN(c2ccc(F)cc2)CC1)C(=O)O)Nc1cccc(O)c1. The van der Waals surface area contributed by atoms with Crippen LogP contribution in [0.1, 0.15) is 6.42 Å². The first-order valence-corrected chi connectivity index (χ1v) is 9.45. The summed E-state index contributed by atoms with van der Waals surface area (Å²) in [5.41, 5.74) is 1.36. The van der Waals surface area contributed by atoms with Gasteiger partial charge in [-0.05, 0) is 36.4 Å². The Morgan fingerprint density at radius 3 is 2.38 bits per heavy atom. The number of aliphatic carboxylic acids is 1. The molecule has 8 heteroatoms. The average Bonchev–Trinajstić information content (AvgIpc) is 2.68. The lowest BCUT2D eigenvalue weighted by Crippen LogP contribution is -2.48. The van der Waals surface area contributed by atoms with Crippen molar-refractivity contribution in [3.05, 3.63) is 54.3 Å². The highest BCUT2D eigenvalue weighted by molar-refractivity contribution is 5.93. The number of aromatic hydroxyl groups is 1. The number of carbonyl (C=O) groups excluding carboxylic acids is 1. The highest BCUT2D eigenvalue weighted by atomic mass is 19.1. The van der Waals surface area contributed by atoms with Gasteiger partial charge in [0.25, 0.3) is 0 Å². The van der Waals surface area contributed by atoms with Crippen LogP contribution in [0, 0.1) is 11.7 Å². The van der Waals surface area contributed by atoms with E-state index in [0.717, 1.165) is 5.69 Å². The smallest absolute Gasteiger partial charge is 0.308 e. The number of halogens is 1. The third-order valence-electron chi connectivity index (χ3n) is 4.95. The second-order valence-electron chi connectivity index (χ2n) is 7.10. The Bertz CT molecular complexity index is 851. The van der Waals surface area contributed by atoms with Crippen molar-refractivity contribution in [1.29, 1.82) is 0 Å². The van der Waals surface area contributed by atoms with E-state index in [1.807, 2.05) is 4.90 Å². The number of anilines is 2. The van der Waals surface area contributed by atoms with Gasteiger partial charge in [-0.3, -0.25) is 14.5 Å². The van der Waals surface area contributed by atoms with Gasteiger partial charge in [-0.25, -0.2) is 4.39 Å². The third kappa shape index (κ3) is 5.92.